The van der Waals surface area contributed by atoms with Crippen molar-refractivity contribution in [1.82, 2.24) is 15.0 Å². The Morgan fingerprint density at radius 1 is 0.955 bits per heavy atom. The Hall–Kier alpha value is -2.75. The molecule has 2 heterocycles. The van der Waals surface area contributed by atoms with Crippen LogP contribution in [0.5, 0.6) is 0 Å². The second-order valence-corrected chi connectivity index (χ2v) is 5.13. The lowest BCUT2D eigenvalue weighted by Crippen LogP contribution is -2.07. The molecule has 0 fully saturated rings. The number of aromatic nitrogens is 3. The van der Waals surface area contributed by atoms with E-state index in [0.29, 0.717) is 0 Å². The third-order valence-corrected chi connectivity index (χ3v) is 3.35. The van der Waals surface area contributed by atoms with E-state index < -0.39 is 0 Å². The first-order chi connectivity index (χ1) is 10.8. The van der Waals surface area contributed by atoms with Gasteiger partial charge >= 0.3 is 0 Å². The van der Waals surface area contributed by atoms with Crippen LogP contribution in [-0.2, 0) is 6.42 Å². The normalized spacial score (nSPS) is 10.4. The van der Waals surface area contributed by atoms with E-state index in [4.69, 9.17) is 0 Å². The van der Waals surface area contributed by atoms with Gasteiger partial charge in [0.05, 0.1) is 0 Å². The molecule has 0 aliphatic rings. The zero-order valence-electron chi connectivity index (χ0n) is 12.5. The lowest BCUT2D eigenvalue weighted by molar-refractivity contribution is 0.951. The number of pyridine rings is 1. The summed E-state index contributed by atoms with van der Waals surface area (Å²) in [5.74, 6) is 1.58. The molecule has 0 bridgehead atoms. The van der Waals surface area contributed by atoms with Gasteiger partial charge in [0.15, 0.2) is 5.82 Å². The maximum atomic E-state index is 4.57. The van der Waals surface area contributed by atoms with Crippen LogP contribution in [-0.4, -0.2) is 21.5 Å². The Morgan fingerprint density at radius 3 is 2.73 bits per heavy atom. The monoisotopic (exact) mass is 290 g/mol. The van der Waals surface area contributed by atoms with Gasteiger partial charge in [-0.25, -0.2) is 9.97 Å². The van der Waals surface area contributed by atoms with Crippen LogP contribution in [0.15, 0.2) is 60.9 Å². The lowest BCUT2D eigenvalue weighted by atomic mass is 10.1. The zero-order valence-corrected chi connectivity index (χ0v) is 12.5. The molecule has 1 aromatic carbocycles. The molecule has 1 N–H and O–H groups in total. The molecular weight excluding hydrogens is 272 g/mol. The van der Waals surface area contributed by atoms with Crippen molar-refractivity contribution in [2.75, 3.05) is 11.9 Å². The molecule has 4 nitrogen and oxygen atoms in total. The van der Waals surface area contributed by atoms with Gasteiger partial charge in [0.1, 0.15) is 5.82 Å². The first kappa shape index (κ1) is 14.2. The van der Waals surface area contributed by atoms with Crippen molar-refractivity contribution < 1.29 is 0 Å². The zero-order chi connectivity index (χ0) is 15.2. The molecule has 3 rings (SSSR count). The number of aryl methyl sites for hydroxylation is 1. The van der Waals surface area contributed by atoms with Crippen molar-refractivity contribution >= 4 is 5.82 Å². The Bertz CT molecular complexity index is 741. The van der Waals surface area contributed by atoms with Gasteiger partial charge in [-0.05, 0) is 31.2 Å². The Kier molecular flexibility index (Phi) is 4.39. The molecule has 0 aliphatic heterocycles. The van der Waals surface area contributed by atoms with Crippen LogP contribution < -0.4 is 5.32 Å². The molecule has 0 saturated heterocycles. The summed E-state index contributed by atoms with van der Waals surface area (Å²) in [6.45, 7) is 2.86. The van der Waals surface area contributed by atoms with E-state index >= 15 is 0 Å². The molecule has 110 valence electrons. The van der Waals surface area contributed by atoms with E-state index in [-0.39, 0.29) is 0 Å². The molecular formula is C18H18N4. The van der Waals surface area contributed by atoms with Gasteiger partial charge < -0.3 is 5.32 Å². The van der Waals surface area contributed by atoms with Crippen molar-refractivity contribution in [1.29, 1.82) is 0 Å². The topological polar surface area (TPSA) is 50.7 Å². The molecule has 0 aliphatic carbocycles. The fourth-order valence-electron chi connectivity index (χ4n) is 2.25. The summed E-state index contributed by atoms with van der Waals surface area (Å²) < 4.78 is 0. The summed E-state index contributed by atoms with van der Waals surface area (Å²) in [6, 6.07) is 16.1. The summed E-state index contributed by atoms with van der Waals surface area (Å²) in [4.78, 5) is 13.2. The van der Waals surface area contributed by atoms with E-state index in [9.17, 15) is 0 Å². The van der Waals surface area contributed by atoms with Gasteiger partial charge in [0.2, 0.25) is 0 Å². The molecule has 0 unspecified atom stereocenters. The molecule has 4 heteroatoms. The van der Waals surface area contributed by atoms with Crippen molar-refractivity contribution in [2.45, 2.75) is 13.3 Å². The Morgan fingerprint density at radius 2 is 1.91 bits per heavy atom. The van der Waals surface area contributed by atoms with Gasteiger partial charge in [-0.1, -0.05) is 29.8 Å². The van der Waals surface area contributed by atoms with Crippen LogP contribution in [0.25, 0.3) is 11.4 Å². The van der Waals surface area contributed by atoms with Crippen molar-refractivity contribution in [2.24, 2.45) is 0 Å². The van der Waals surface area contributed by atoms with Gasteiger partial charge in [-0.2, -0.15) is 0 Å². The summed E-state index contributed by atoms with van der Waals surface area (Å²) in [7, 11) is 0. The van der Waals surface area contributed by atoms with Crippen LogP contribution in [0.1, 0.15) is 11.3 Å². The van der Waals surface area contributed by atoms with Gasteiger partial charge in [0, 0.05) is 36.6 Å². The highest BCUT2D eigenvalue weighted by Crippen LogP contribution is 2.17. The predicted molar refractivity (Wildman–Crippen MR) is 88.6 cm³/mol. The lowest BCUT2D eigenvalue weighted by Gasteiger charge is -2.07. The second kappa shape index (κ2) is 6.80. The largest absolute Gasteiger partial charge is 0.370 e. The third kappa shape index (κ3) is 3.67. The fraction of sp³-hybridized carbons (Fsp3) is 0.167. The van der Waals surface area contributed by atoms with Crippen LogP contribution in [0, 0.1) is 6.92 Å². The summed E-state index contributed by atoms with van der Waals surface area (Å²) in [6.07, 6.45) is 4.47. The van der Waals surface area contributed by atoms with Crippen molar-refractivity contribution in [3.63, 3.8) is 0 Å². The molecule has 3 aromatic rings. The van der Waals surface area contributed by atoms with Crippen LogP contribution in [0.3, 0.4) is 0 Å². The number of nitrogens with one attached hydrogen (secondary N) is 1. The van der Waals surface area contributed by atoms with Gasteiger partial charge in [0.25, 0.3) is 0 Å². The first-order valence-corrected chi connectivity index (χ1v) is 7.35. The molecule has 0 atom stereocenters. The van der Waals surface area contributed by atoms with E-state index in [1.165, 1.54) is 5.56 Å². The number of nitrogens with zero attached hydrogens (tertiary/aromatic N) is 3. The maximum absolute atomic E-state index is 4.57. The standard InChI is InChI=1S/C18H18N4/c1-14-5-4-6-15(13-14)18-21-12-9-17(22-18)20-11-8-16-7-2-3-10-19-16/h2-7,9-10,12-13H,8,11H2,1H3,(H,20,21,22). The van der Waals surface area contributed by atoms with E-state index in [1.54, 1.807) is 6.20 Å². The van der Waals surface area contributed by atoms with E-state index in [2.05, 4.69) is 39.3 Å². The second-order valence-electron chi connectivity index (χ2n) is 5.13. The van der Waals surface area contributed by atoms with Gasteiger partial charge in [-0.3, -0.25) is 4.98 Å². The first-order valence-electron chi connectivity index (χ1n) is 7.35. The SMILES string of the molecule is Cc1cccc(-c2nccc(NCCc3ccccn3)n2)c1. The number of benzene rings is 1. The summed E-state index contributed by atoms with van der Waals surface area (Å²) in [5.41, 5.74) is 3.31. The van der Waals surface area contributed by atoms with Crippen molar-refractivity contribution in [3.05, 3.63) is 72.2 Å². The average Bonchev–Trinajstić information content (AvgIpc) is 2.56. The minimum absolute atomic E-state index is 0.742. The quantitative estimate of drug-likeness (QED) is 0.781. The molecule has 2 aromatic heterocycles. The number of anilines is 1. The average molecular weight is 290 g/mol. The Labute approximate surface area is 130 Å². The predicted octanol–water partition coefficient (Wildman–Crippen LogP) is 3.50. The van der Waals surface area contributed by atoms with E-state index in [1.807, 2.05) is 42.6 Å². The van der Waals surface area contributed by atoms with Crippen molar-refractivity contribution in [3.8, 4) is 11.4 Å². The molecule has 0 saturated carbocycles. The van der Waals surface area contributed by atoms with Gasteiger partial charge in [-0.15, -0.1) is 0 Å². The number of hydrogen-bond donors (Lipinski definition) is 1. The fourth-order valence-corrected chi connectivity index (χ4v) is 2.25. The Balaban J connectivity index is 1.66. The molecule has 0 radical (unpaired) electrons. The van der Waals surface area contributed by atoms with Crippen LogP contribution in [0.2, 0.25) is 0 Å². The minimum atomic E-state index is 0.742. The summed E-state index contributed by atoms with van der Waals surface area (Å²) in [5, 5.41) is 3.33. The number of rotatable bonds is 5. The molecule has 0 spiro atoms. The smallest absolute Gasteiger partial charge is 0.161 e. The van der Waals surface area contributed by atoms with E-state index in [0.717, 1.165) is 35.9 Å². The van der Waals surface area contributed by atoms with Crippen LogP contribution in [0.4, 0.5) is 5.82 Å². The van der Waals surface area contributed by atoms with Crippen LogP contribution >= 0.6 is 0 Å². The summed E-state index contributed by atoms with van der Waals surface area (Å²) >= 11 is 0. The molecule has 0 amide bonds. The highest BCUT2D eigenvalue weighted by Gasteiger charge is 2.03. The maximum Gasteiger partial charge on any atom is 0.161 e. The third-order valence-electron chi connectivity index (χ3n) is 3.35. The highest BCUT2D eigenvalue weighted by atomic mass is 15.0. The highest BCUT2D eigenvalue weighted by molar-refractivity contribution is 5.57. The minimum Gasteiger partial charge on any atom is -0.370 e. The molecule has 22 heavy (non-hydrogen) atoms. The number of hydrogen-bond acceptors (Lipinski definition) is 4.